The minimum Gasteiger partial charge on any atom is -0.272 e. The second-order valence-corrected chi connectivity index (χ2v) is 4.81. The molecule has 0 heterocycles. The molecule has 23 heavy (non-hydrogen) atoms. The molecule has 0 aliphatic heterocycles. The van der Waals surface area contributed by atoms with Gasteiger partial charge in [0.05, 0.1) is 15.9 Å². The van der Waals surface area contributed by atoms with Crippen molar-refractivity contribution in [2.45, 2.75) is 12.8 Å². The average molecular weight is 314 g/mol. The average Bonchev–Trinajstić information content (AvgIpc) is 2.55. The quantitative estimate of drug-likeness (QED) is 0.496. The van der Waals surface area contributed by atoms with Crippen molar-refractivity contribution in [3.63, 3.8) is 0 Å². The maximum absolute atomic E-state index is 11.0. The van der Waals surface area contributed by atoms with Crippen LogP contribution in [0.5, 0.6) is 0 Å². The zero-order chi connectivity index (χ0) is 16.8. The molecule has 0 fully saturated rings. The van der Waals surface area contributed by atoms with E-state index in [1.807, 2.05) is 37.3 Å². The number of hydrogen-bond acceptors (Lipinski definition) is 6. The topological polar surface area (TPSA) is 111 Å². The summed E-state index contributed by atoms with van der Waals surface area (Å²) in [5.74, 6) is 0.0146. The molecule has 2 aromatic rings. The van der Waals surface area contributed by atoms with Gasteiger partial charge in [0, 0.05) is 18.2 Å². The number of nitrogens with one attached hydrogen (secondary N) is 1. The van der Waals surface area contributed by atoms with E-state index in [2.05, 4.69) is 10.5 Å². The highest BCUT2D eigenvalue weighted by Gasteiger charge is 2.19. The van der Waals surface area contributed by atoms with E-state index in [0.717, 1.165) is 11.6 Å². The molecule has 0 radical (unpaired) electrons. The third-order valence-corrected chi connectivity index (χ3v) is 3.20. The van der Waals surface area contributed by atoms with Crippen molar-refractivity contribution in [2.24, 2.45) is 5.10 Å². The van der Waals surface area contributed by atoms with Crippen molar-refractivity contribution in [1.29, 1.82) is 0 Å². The van der Waals surface area contributed by atoms with Gasteiger partial charge < -0.3 is 0 Å². The smallest absolute Gasteiger partial charge is 0.272 e. The zero-order valence-electron chi connectivity index (χ0n) is 12.2. The zero-order valence-corrected chi connectivity index (χ0v) is 12.2. The van der Waals surface area contributed by atoms with E-state index in [1.54, 1.807) is 6.21 Å². The molecule has 1 N–H and O–H groups in total. The lowest BCUT2D eigenvalue weighted by molar-refractivity contribution is -0.393. The van der Waals surface area contributed by atoms with Gasteiger partial charge in [-0.2, -0.15) is 5.10 Å². The molecule has 0 amide bonds. The van der Waals surface area contributed by atoms with E-state index in [0.29, 0.717) is 0 Å². The van der Waals surface area contributed by atoms with Crippen molar-refractivity contribution in [3.8, 4) is 0 Å². The molecular formula is C15H14N4O4. The molecule has 1 atom stereocenters. The number of hydrazone groups is 1. The maximum atomic E-state index is 11.0. The SMILES string of the molecule is CC(/C=N/Nc1ccc([N+](=O)[O-])cc1[N+](=O)[O-])c1ccccc1. The van der Waals surface area contributed by atoms with Crippen LogP contribution in [-0.2, 0) is 0 Å². The highest BCUT2D eigenvalue weighted by atomic mass is 16.6. The first-order valence-electron chi connectivity index (χ1n) is 6.76. The molecule has 1 unspecified atom stereocenters. The molecule has 0 bridgehead atoms. The van der Waals surface area contributed by atoms with Crippen LogP contribution in [0.2, 0.25) is 0 Å². The molecule has 0 aromatic heterocycles. The number of anilines is 1. The van der Waals surface area contributed by atoms with Gasteiger partial charge in [-0.25, -0.2) is 0 Å². The Morgan fingerprint density at radius 3 is 2.39 bits per heavy atom. The van der Waals surface area contributed by atoms with Crippen molar-refractivity contribution >= 4 is 23.3 Å². The second kappa shape index (κ2) is 7.12. The van der Waals surface area contributed by atoms with Crippen LogP contribution in [-0.4, -0.2) is 16.1 Å². The highest BCUT2D eigenvalue weighted by molar-refractivity contribution is 5.71. The number of non-ortho nitro benzene ring substituents is 1. The van der Waals surface area contributed by atoms with Gasteiger partial charge in [0.1, 0.15) is 5.69 Å². The predicted octanol–water partition coefficient (Wildman–Crippen LogP) is 3.70. The van der Waals surface area contributed by atoms with E-state index in [4.69, 9.17) is 0 Å². The Kier molecular flexibility index (Phi) is 4.98. The van der Waals surface area contributed by atoms with Crippen LogP contribution >= 0.6 is 0 Å². The van der Waals surface area contributed by atoms with Crippen LogP contribution in [0.15, 0.2) is 53.6 Å². The number of hydrogen-bond donors (Lipinski definition) is 1. The monoisotopic (exact) mass is 314 g/mol. The molecule has 2 rings (SSSR count). The van der Waals surface area contributed by atoms with E-state index >= 15 is 0 Å². The molecule has 0 saturated heterocycles. The molecule has 0 saturated carbocycles. The summed E-state index contributed by atoms with van der Waals surface area (Å²) in [5.41, 5.74) is 2.97. The van der Waals surface area contributed by atoms with Crippen molar-refractivity contribution < 1.29 is 9.85 Å². The highest BCUT2D eigenvalue weighted by Crippen LogP contribution is 2.28. The molecule has 8 nitrogen and oxygen atoms in total. The summed E-state index contributed by atoms with van der Waals surface area (Å²) in [4.78, 5) is 20.3. The number of benzene rings is 2. The molecule has 0 aliphatic carbocycles. The maximum Gasteiger partial charge on any atom is 0.301 e. The number of nitrogens with zero attached hydrogens (tertiary/aromatic N) is 3. The molecular weight excluding hydrogens is 300 g/mol. The first-order valence-corrected chi connectivity index (χ1v) is 6.76. The Labute approximate surface area is 131 Å². The van der Waals surface area contributed by atoms with E-state index < -0.39 is 15.5 Å². The Morgan fingerprint density at radius 2 is 1.78 bits per heavy atom. The van der Waals surface area contributed by atoms with Gasteiger partial charge >= 0.3 is 5.69 Å². The van der Waals surface area contributed by atoms with Crippen LogP contribution in [0.4, 0.5) is 17.1 Å². The molecule has 0 aliphatic rings. The van der Waals surface area contributed by atoms with Crippen LogP contribution < -0.4 is 5.43 Å². The third kappa shape index (κ3) is 4.10. The number of nitro groups is 2. The summed E-state index contributed by atoms with van der Waals surface area (Å²) in [6.45, 7) is 1.94. The Balaban J connectivity index is 2.15. The summed E-state index contributed by atoms with van der Waals surface area (Å²) in [6.07, 6.45) is 1.61. The minimum atomic E-state index is -0.689. The predicted molar refractivity (Wildman–Crippen MR) is 86.7 cm³/mol. The Hall–Kier alpha value is -3.29. The summed E-state index contributed by atoms with van der Waals surface area (Å²) >= 11 is 0. The second-order valence-electron chi connectivity index (χ2n) is 4.81. The van der Waals surface area contributed by atoms with Crippen LogP contribution in [0.3, 0.4) is 0 Å². The largest absolute Gasteiger partial charge is 0.301 e. The van der Waals surface area contributed by atoms with E-state index in [9.17, 15) is 20.2 Å². The van der Waals surface area contributed by atoms with Crippen LogP contribution in [0, 0.1) is 20.2 Å². The lowest BCUT2D eigenvalue weighted by atomic mass is 10.0. The number of rotatable bonds is 6. The summed E-state index contributed by atoms with van der Waals surface area (Å²) in [5, 5.41) is 25.7. The summed E-state index contributed by atoms with van der Waals surface area (Å²) in [7, 11) is 0. The van der Waals surface area contributed by atoms with E-state index in [-0.39, 0.29) is 17.3 Å². The lowest BCUT2D eigenvalue weighted by Gasteiger charge is -2.06. The Morgan fingerprint density at radius 1 is 1.09 bits per heavy atom. The van der Waals surface area contributed by atoms with Gasteiger partial charge in [0.25, 0.3) is 5.69 Å². The van der Waals surface area contributed by atoms with Crippen LogP contribution in [0.25, 0.3) is 0 Å². The summed E-state index contributed by atoms with van der Waals surface area (Å²) < 4.78 is 0. The fraction of sp³-hybridized carbons (Fsp3) is 0.133. The normalized spacial score (nSPS) is 12.0. The first kappa shape index (κ1) is 16.1. The van der Waals surface area contributed by atoms with Gasteiger partial charge in [-0.1, -0.05) is 37.3 Å². The van der Waals surface area contributed by atoms with Crippen LogP contribution in [0.1, 0.15) is 18.4 Å². The van der Waals surface area contributed by atoms with Crippen molar-refractivity contribution in [3.05, 3.63) is 74.3 Å². The molecule has 118 valence electrons. The molecule has 2 aromatic carbocycles. The van der Waals surface area contributed by atoms with Gasteiger partial charge in [-0.3, -0.25) is 25.7 Å². The molecule has 8 heteroatoms. The fourth-order valence-electron chi connectivity index (χ4n) is 1.94. The third-order valence-electron chi connectivity index (χ3n) is 3.20. The van der Waals surface area contributed by atoms with Gasteiger partial charge in [0.15, 0.2) is 0 Å². The van der Waals surface area contributed by atoms with Gasteiger partial charge in [0.2, 0.25) is 0 Å². The number of nitro benzene ring substituents is 2. The van der Waals surface area contributed by atoms with Crippen molar-refractivity contribution in [1.82, 2.24) is 0 Å². The van der Waals surface area contributed by atoms with Gasteiger partial charge in [-0.15, -0.1) is 0 Å². The molecule has 0 spiro atoms. The van der Waals surface area contributed by atoms with Crippen molar-refractivity contribution in [2.75, 3.05) is 5.43 Å². The lowest BCUT2D eigenvalue weighted by Crippen LogP contribution is -2.00. The summed E-state index contributed by atoms with van der Waals surface area (Å²) in [6, 6.07) is 13.0. The van der Waals surface area contributed by atoms with Gasteiger partial charge in [-0.05, 0) is 11.6 Å². The minimum absolute atomic E-state index is 0.0146. The van der Waals surface area contributed by atoms with E-state index in [1.165, 1.54) is 12.1 Å². The fourth-order valence-corrected chi connectivity index (χ4v) is 1.94. The Bertz CT molecular complexity index is 746. The first-order chi connectivity index (χ1) is 11.0. The standard InChI is InChI=1S/C15H14N4O4/c1-11(12-5-3-2-4-6-12)10-16-17-14-8-7-13(18(20)21)9-15(14)19(22)23/h2-11,17H,1H3/b16-10+.